The number of likely N-dealkylation sites (tertiary alicyclic amines) is 1. The zero-order valence-corrected chi connectivity index (χ0v) is 13.5. The maximum atomic E-state index is 12.1. The Morgan fingerprint density at radius 1 is 1.38 bits per heavy atom. The Labute approximate surface area is 130 Å². The molecule has 1 amide bonds. The van der Waals surface area contributed by atoms with Crippen molar-refractivity contribution in [3.63, 3.8) is 0 Å². The molecule has 1 aromatic carbocycles. The van der Waals surface area contributed by atoms with E-state index < -0.39 is 10.0 Å². The van der Waals surface area contributed by atoms with Crippen LogP contribution in [0.25, 0.3) is 0 Å². The quantitative estimate of drug-likeness (QED) is 0.916. The minimum atomic E-state index is -3.71. The van der Waals surface area contributed by atoms with Gasteiger partial charge in [0.25, 0.3) is 0 Å². The molecular formula is C14H19ClN2O3S. The average Bonchev–Trinajstić information content (AvgIpc) is 2.45. The molecule has 0 bridgehead atoms. The molecule has 0 unspecified atom stereocenters. The van der Waals surface area contributed by atoms with Gasteiger partial charge in [-0.05, 0) is 37.0 Å². The summed E-state index contributed by atoms with van der Waals surface area (Å²) in [7, 11) is -3.71. The van der Waals surface area contributed by atoms with Gasteiger partial charge in [-0.15, -0.1) is 0 Å². The van der Waals surface area contributed by atoms with Crippen molar-refractivity contribution in [3.8, 4) is 0 Å². The molecule has 1 N–H and O–H groups in total. The third-order valence-electron chi connectivity index (χ3n) is 3.66. The monoisotopic (exact) mass is 330 g/mol. The Morgan fingerprint density at radius 2 is 2.05 bits per heavy atom. The highest BCUT2D eigenvalue weighted by Crippen LogP contribution is 2.17. The van der Waals surface area contributed by atoms with E-state index in [0.717, 1.165) is 12.8 Å². The molecule has 116 valence electrons. The summed E-state index contributed by atoms with van der Waals surface area (Å²) in [6.07, 6.45) is 1.93. The number of hydrogen-bond donors (Lipinski definition) is 1. The van der Waals surface area contributed by atoms with E-state index in [2.05, 4.69) is 11.6 Å². The average molecular weight is 331 g/mol. The molecule has 1 aromatic rings. The number of carbonyl (C=O) groups is 1. The maximum Gasteiger partial charge on any atom is 0.241 e. The van der Waals surface area contributed by atoms with E-state index in [-0.39, 0.29) is 17.3 Å². The van der Waals surface area contributed by atoms with Crippen LogP contribution in [0.3, 0.4) is 0 Å². The minimum Gasteiger partial charge on any atom is -0.342 e. The zero-order valence-electron chi connectivity index (χ0n) is 11.9. The van der Waals surface area contributed by atoms with Crippen molar-refractivity contribution in [1.29, 1.82) is 0 Å². The molecule has 0 radical (unpaired) electrons. The Morgan fingerprint density at radius 3 is 2.67 bits per heavy atom. The summed E-state index contributed by atoms with van der Waals surface area (Å²) in [5.41, 5.74) is 0. The van der Waals surface area contributed by atoms with Crippen LogP contribution in [0.2, 0.25) is 5.02 Å². The highest BCUT2D eigenvalue weighted by molar-refractivity contribution is 7.89. The van der Waals surface area contributed by atoms with Crippen molar-refractivity contribution in [2.24, 2.45) is 5.92 Å². The number of amides is 1. The lowest BCUT2D eigenvalue weighted by Crippen LogP contribution is -2.43. The van der Waals surface area contributed by atoms with Gasteiger partial charge in [-0.25, -0.2) is 13.1 Å². The lowest BCUT2D eigenvalue weighted by atomic mass is 9.99. The van der Waals surface area contributed by atoms with Crippen LogP contribution in [-0.2, 0) is 14.8 Å². The number of rotatable bonds is 4. The van der Waals surface area contributed by atoms with Crippen molar-refractivity contribution >= 4 is 27.5 Å². The van der Waals surface area contributed by atoms with E-state index in [0.29, 0.717) is 24.0 Å². The summed E-state index contributed by atoms with van der Waals surface area (Å²) in [4.78, 5) is 13.8. The Kier molecular flexibility index (Phi) is 5.24. The van der Waals surface area contributed by atoms with Gasteiger partial charge in [0.05, 0.1) is 11.4 Å². The molecular weight excluding hydrogens is 312 g/mol. The van der Waals surface area contributed by atoms with Gasteiger partial charge in [-0.1, -0.05) is 24.6 Å². The fourth-order valence-electron chi connectivity index (χ4n) is 2.24. The Hall–Kier alpha value is -1.11. The van der Waals surface area contributed by atoms with Crippen LogP contribution < -0.4 is 4.72 Å². The van der Waals surface area contributed by atoms with E-state index in [1.807, 2.05) is 0 Å². The molecule has 0 spiro atoms. The molecule has 1 aliphatic rings. The molecule has 0 aliphatic carbocycles. The number of hydrogen-bond acceptors (Lipinski definition) is 3. The molecule has 5 nitrogen and oxygen atoms in total. The molecule has 21 heavy (non-hydrogen) atoms. The van der Waals surface area contributed by atoms with Crippen LogP contribution in [0.4, 0.5) is 0 Å². The lowest BCUT2D eigenvalue weighted by molar-refractivity contribution is -0.131. The first-order chi connectivity index (χ1) is 9.88. The SMILES string of the molecule is CC1CCN(C(=O)CNS(=O)(=O)c2cccc(Cl)c2)CC1. The largest absolute Gasteiger partial charge is 0.342 e. The zero-order chi connectivity index (χ0) is 15.5. The van der Waals surface area contributed by atoms with Gasteiger partial charge in [0.1, 0.15) is 0 Å². The van der Waals surface area contributed by atoms with Crippen LogP contribution in [-0.4, -0.2) is 38.9 Å². The number of carbonyl (C=O) groups excluding carboxylic acids is 1. The first-order valence-electron chi connectivity index (χ1n) is 6.91. The minimum absolute atomic E-state index is 0.0649. The fraction of sp³-hybridized carbons (Fsp3) is 0.500. The van der Waals surface area contributed by atoms with Crippen LogP contribution in [0.15, 0.2) is 29.2 Å². The fourth-order valence-corrected chi connectivity index (χ4v) is 3.52. The first kappa shape index (κ1) is 16.3. The van der Waals surface area contributed by atoms with E-state index >= 15 is 0 Å². The second kappa shape index (κ2) is 6.77. The second-order valence-corrected chi connectivity index (χ2v) is 7.55. The van der Waals surface area contributed by atoms with Gasteiger partial charge in [-0.3, -0.25) is 4.79 Å². The van der Waals surface area contributed by atoms with Gasteiger partial charge < -0.3 is 4.90 Å². The molecule has 7 heteroatoms. The number of nitrogens with zero attached hydrogens (tertiary/aromatic N) is 1. The van der Waals surface area contributed by atoms with Gasteiger partial charge >= 0.3 is 0 Å². The molecule has 1 aliphatic heterocycles. The van der Waals surface area contributed by atoms with Gasteiger partial charge in [-0.2, -0.15) is 0 Å². The first-order valence-corrected chi connectivity index (χ1v) is 8.77. The maximum absolute atomic E-state index is 12.1. The molecule has 0 aromatic heterocycles. The van der Waals surface area contributed by atoms with Crippen LogP contribution in [0.5, 0.6) is 0 Å². The second-order valence-electron chi connectivity index (χ2n) is 5.35. The molecule has 1 fully saturated rings. The summed E-state index contributed by atoms with van der Waals surface area (Å²) in [6.45, 7) is 3.32. The van der Waals surface area contributed by atoms with Crippen molar-refractivity contribution < 1.29 is 13.2 Å². The third kappa shape index (κ3) is 4.43. The number of nitrogens with one attached hydrogen (secondary N) is 1. The standard InChI is InChI=1S/C14H19ClN2O3S/c1-11-5-7-17(8-6-11)14(18)10-16-21(19,20)13-4-2-3-12(15)9-13/h2-4,9,11,16H,5-8,10H2,1H3. The smallest absolute Gasteiger partial charge is 0.241 e. The molecule has 1 saturated heterocycles. The van der Waals surface area contributed by atoms with Crippen molar-refractivity contribution in [3.05, 3.63) is 29.3 Å². The summed E-state index contributed by atoms with van der Waals surface area (Å²) in [5, 5.41) is 0.342. The molecule has 2 rings (SSSR count). The molecule has 0 atom stereocenters. The molecule has 0 saturated carbocycles. The Bertz CT molecular complexity index is 610. The number of piperidine rings is 1. The summed E-state index contributed by atoms with van der Waals surface area (Å²) in [5.74, 6) is 0.435. The highest BCUT2D eigenvalue weighted by Gasteiger charge is 2.22. The lowest BCUT2D eigenvalue weighted by Gasteiger charge is -2.30. The third-order valence-corrected chi connectivity index (χ3v) is 5.29. The van der Waals surface area contributed by atoms with Crippen molar-refractivity contribution in [1.82, 2.24) is 9.62 Å². The summed E-state index contributed by atoms with van der Waals surface area (Å²) in [6, 6.07) is 5.96. The Balaban J connectivity index is 1.94. The van der Waals surface area contributed by atoms with Crippen molar-refractivity contribution in [2.75, 3.05) is 19.6 Å². The van der Waals surface area contributed by atoms with Gasteiger partial charge in [0.15, 0.2) is 0 Å². The van der Waals surface area contributed by atoms with Gasteiger partial charge in [0, 0.05) is 18.1 Å². The normalized spacial score (nSPS) is 17.0. The van der Waals surface area contributed by atoms with E-state index in [1.165, 1.54) is 12.1 Å². The van der Waals surface area contributed by atoms with E-state index in [9.17, 15) is 13.2 Å². The summed E-state index contributed by atoms with van der Waals surface area (Å²) >= 11 is 5.78. The molecule has 1 heterocycles. The predicted molar refractivity (Wildman–Crippen MR) is 81.6 cm³/mol. The van der Waals surface area contributed by atoms with Crippen LogP contribution >= 0.6 is 11.6 Å². The topological polar surface area (TPSA) is 66.5 Å². The number of benzene rings is 1. The summed E-state index contributed by atoms with van der Waals surface area (Å²) < 4.78 is 26.5. The predicted octanol–water partition coefficient (Wildman–Crippen LogP) is 1.88. The number of halogens is 1. The van der Waals surface area contributed by atoms with E-state index in [4.69, 9.17) is 11.6 Å². The van der Waals surface area contributed by atoms with E-state index in [1.54, 1.807) is 17.0 Å². The van der Waals surface area contributed by atoms with Crippen LogP contribution in [0, 0.1) is 5.92 Å². The van der Waals surface area contributed by atoms with Crippen molar-refractivity contribution in [2.45, 2.75) is 24.7 Å². The van der Waals surface area contributed by atoms with Gasteiger partial charge in [0.2, 0.25) is 15.9 Å². The highest BCUT2D eigenvalue weighted by atomic mass is 35.5. The number of sulfonamides is 1. The van der Waals surface area contributed by atoms with Crippen LogP contribution in [0.1, 0.15) is 19.8 Å².